The zero-order chi connectivity index (χ0) is 35.3. The fourth-order valence-corrected chi connectivity index (χ4v) is 6.74. The van der Waals surface area contributed by atoms with Crippen LogP contribution in [0.4, 0.5) is 18.8 Å². The number of aliphatic hydroxyl groups excluding tert-OH is 1. The molecule has 1 unspecified atom stereocenters. The second kappa shape index (κ2) is 15.4. The Morgan fingerprint density at radius 2 is 1.53 bits per heavy atom. The fourth-order valence-electron chi connectivity index (χ4n) is 5.48. The first-order valence-electron chi connectivity index (χ1n) is 15.0. The zero-order valence-electron chi connectivity index (χ0n) is 27.5. The van der Waals surface area contributed by atoms with Crippen LogP contribution in [0.2, 0.25) is 0 Å². The van der Waals surface area contributed by atoms with E-state index in [-0.39, 0.29) is 5.75 Å². The zero-order valence-corrected chi connectivity index (χ0v) is 28.3. The molecule has 0 aliphatic heterocycles. The van der Waals surface area contributed by atoms with Gasteiger partial charge in [-0.15, -0.1) is 11.8 Å². The van der Waals surface area contributed by atoms with Crippen LogP contribution in [0.3, 0.4) is 0 Å². The molecule has 0 bridgehead atoms. The predicted molar refractivity (Wildman–Crippen MR) is 161 cm³/mol. The molecule has 1 amide bonds. The van der Waals surface area contributed by atoms with Crippen molar-refractivity contribution in [2.75, 3.05) is 19.3 Å². The van der Waals surface area contributed by atoms with Crippen LogP contribution in [0.15, 0.2) is 23.1 Å². The number of thioether (sulfide) groups is 1. The lowest BCUT2D eigenvalue weighted by molar-refractivity contribution is -0.167. The number of aliphatic hydroxyl groups is 1. The molecule has 47 heavy (non-hydrogen) atoms. The van der Waals surface area contributed by atoms with Crippen molar-refractivity contribution in [3.05, 3.63) is 29.6 Å². The van der Waals surface area contributed by atoms with Gasteiger partial charge in [-0.3, -0.25) is 4.79 Å². The average Bonchev–Trinajstić information content (AvgIpc) is 3.63. The van der Waals surface area contributed by atoms with Crippen LogP contribution in [0.25, 0.3) is 0 Å². The third kappa shape index (κ3) is 9.62. The minimum Gasteiger partial charge on any atom is -0.444 e. The minimum absolute atomic E-state index is 0.00763. The van der Waals surface area contributed by atoms with E-state index in [2.05, 4.69) is 5.32 Å². The Balaban J connectivity index is 1.93. The number of hydrogen-bond acceptors (Lipinski definition) is 14. The summed E-state index contributed by atoms with van der Waals surface area (Å²) in [6, 6.07) is 4.39. The number of carbonyl (C=O) groups is 5. The van der Waals surface area contributed by atoms with Crippen molar-refractivity contribution in [2.24, 2.45) is 23.7 Å². The molecule has 1 aromatic rings. The Morgan fingerprint density at radius 3 is 2.06 bits per heavy atom. The molecule has 262 valence electrons. The van der Waals surface area contributed by atoms with Crippen LogP contribution in [0.5, 0.6) is 0 Å². The van der Waals surface area contributed by atoms with Gasteiger partial charge in [0.05, 0.1) is 24.2 Å². The Hall–Kier alpha value is -3.79. The van der Waals surface area contributed by atoms with Crippen molar-refractivity contribution < 1.29 is 66.6 Å². The summed E-state index contributed by atoms with van der Waals surface area (Å²) >= 11 is 1.17. The van der Waals surface area contributed by atoms with Crippen molar-refractivity contribution in [1.82, 2.24) is 5.32 Å². The molecule has 2 saturated carbocycles. The lowest BCUT2D eigenvalue weighted by Crippen LogP contribution is -2.63. The molecular weight excluding hydrogens is 645 g/mol. The summed E-state index contributed by atoms with van der Waals surface area (Å²) < 4.78 is 49.1. The molecule has 6 atom stereocenters. The fraction of sp³-hybridized carbons (Fsp3) is 0.645. The number of esters is 2. The maximum Gasteiger partial charge on any atom is 0.511 e. The number of aryl methyl sites for hydroxylation is 1. The number of halogens is 1. The Morgan fingerprint density at radius 1 is 0.957 bits per heavy atom. The summed E-state index contributed by atoms with van der Waals surface area (Å²) in [7, 11) is 0. The molecule has 0 saturated heterocycles. The summed E-state index contributed by atoms with van der Waals surface area (Å²) in [5.74, 6) is -6.67. The molecule has 0 radical (unpaired) electrons. The van der Waals surface area contributed by atoms with Gasteiger partial charge in [-0.05, 0) is 79.2 Å². The van der Waals surface area contributed by atoms with Gasteiger partial charge >= 0.3 is 30.3 Å². The lowest BCUT2D eigenvalue weighted by Gasteiger charge is -2.38. The lowest BCUT2D eigenvalue weighted by atomic mass is 9.80. The summed E-state index contributed by atoms with van der Waals surface area (Å²) in [5, 5.41) is 14.1. The van der Waals surface area contributed by atoms with E-state index in [1.165, 1.54) is 23.9 Å². The largest absolute Gasteiger partial charge is 0.511 e. The van der Waals surface area contributed by atoms with E-state index < -0.39 is 103 Å². The van der Waals surface area contributed by atoms with Crippen LogP contribution in [-0.2, 0) is 42.7 Å². The first kappa shape index (κ1) is 37.7. The molecule has 2 fully saturated rings. The van der Waals surface area contributed by atoms with E-state index in [0.29, 0.717) is 10.5 Å². The molecule has 2 N–H and O–H groups in total. The van der Waals surface area contributed by atoms with Gasteiger partial charge in [0, 0.05) is 28.4 Å². The van der Waals surface area contributed by atoms with E-state index in [4.69, 9.17) is 33.2 Å². The second-order valence-electron chi connectivity index (χ2n) is 12.7. The molecule has 2 aliphatic carbocycles. The Bertz CT molecular complexity index is 1330. The SMILES string of the molecule is Cc1cc(SC[C@@H]2[C@@H](O)C3[C@H](C(=O)OCOC(=O)OC(C)C)[C@H]3[C@]2(NC(=O)OC(C)(C)C)C(=O)OCOC(=O)OC(C)C)ccc1F. The van der Waals surface area contributed by atoms with E-state index in [0.717, 1.165) is 0 Å². The molecule has 14 nitrogen and oxygen atoms in total. The predicted octanol–water partition coefficient (Wildman–Crippen LogP) is 4.47. The van der Waals surface area contributed by atoms with Gasteiger partial charge in [0.15, 0.2) is 5.54 Å². The van der Waals surface area contributed by atoms with Crippen LogP contribution >= 0.6 is 11.8 Å². The highest BCUT2D eigenvalue weighted by molar-refractivity contribution is 7.99. The number of alkyl carbamates (subject to hydrolysis) is 1. The number of nitrogens with one attached hydrogen (secondary N) is 1. The quantitative estimate of drug-likeness (QED) is 0.136. The standard InChI is InChI=1S/C31H42FNO13S/c1-15(2)44-28(38)42-13-40-25(35)22-21-23(22)31(33-27(37)46-30(6,7)8,26(36)41-14-43-29(39)45-16(3)4)19(24(21)34)12-47-18-9-10-20(32)17(5)11-18/h9-11,15-16,19,21-24,34H,12-14H2,1-8H3,(H,33,37)/t19-,21?,22+,23+,24-,31+/m1/s1. The van der Waals surface area contributed by atoms with Gasteiger partial charge in [-0.2, -0.15) is 0 Å². The smallest absolute Gasteiger partial charge is 0.444 e. The third-order valence-electron chi connectivity index (χ3n) is 7.28. The minimum atomic E-state index is -2.10. The monoisotopic (exact) mass is 687 g/mol. The topological polar surface area (TPSA) is 182 Å². The van der Waals surface area contributed by atoms with E-state index >= 15 is 0 Å². The molecule has 3 rings (SSSR count). The van der Waals surface area contributed by atoms with Gasteiger partial charge in [0.2, 0.25) is 13.6 Å². The van der Waals surface area contributed by atoms with Crippen molar-refractivity contribution in [3.8, 4) is 0 Å². The molecular formula is C31H42FNO13S. The number of ether oxygens (including phenoxy) is 7. The van der Waals surface area contributed by atoms with E-state index in [1.807, 2.05) is 0 Å². The number of carbonyl (C=O) groups excluding carboxylic acids is 5. The number of fused-ring (bicyclic) bond motifs is 1. The van der Waals surface area contributed by atoms with Crippen molar-refractivity contribution in [2.45, 2.75) is 89.7 Å². The molecule has 0 spiro atoms. The summed E-state index contributed by atoms with van der Waals surface area (Å²) in [6.45, 7) is 11.0. The highest BCUT2D eigenvalue weighted by atomic mass is 32.2. The summed E-state index contributed by atoms with van der Waals surface area (Å²) in [4.78, 5) is 64.7. The molecule has 1 aromatic carbocycles. The second-order valence-corrected chi connectivity index (χ2v) is 13.8. The van der Waals surface area contributed by atoms with Crippen LogP contribution in [0.1, 0.15) is 54.0 Å². The summed E-state index contributed by atoms with van der Waals surface area (Å²) in [5.41, 5.74) is -2.73. The number of rotatable bonds is 12. The van der Waals surface area contributed by atoms with Gasteiger partial charge in [-0.1, -0.05) is 0 Å². The van der Waals surface area contributed by atoms with E-state index in [9.17, 15) is 33.5 Å². The average molecular weight is 688 g/mol. The highest BCUT2D eigenvalue weighted by Crippen LogP contribution is 2.66. The highest BCUT2D eigenvalue weighted by Gasteiger charge is 2.80. The molecule has 0 aromatic heterocycles. The first-order valence-corrected chi connectivity index (χ1v) is 15.9. The Kier molecular flexibility index (Phi) is 12.3. The first-order chi connectivity index (χ1) is 21.9. The van der Waals surface area contributed by atoms with Crippen molar-refractivity contribution in [3.63, 3.8) is 0 Å². The van der Waals surface area contributed by atoms with Gasteiger partial charge < -0.3 is 43.6 Å². The number of amides is 1. The summed E-state index contributed by atoms with van der Waals surface area (Å²) in [6.07, 6.45) is -5.60. The number of hydrogen-bond donors (Lipinski definition) is 2. The van der Waals surface area contributed by atoms with Gasteiger partial charge in [0.1, 0.15) is 11.4 Å². The maximum absolute atomic E-state index is 14.0. The normalized spacial score (nSPS) is 24.6. The van der Waals surface area contributed by atoms with Gasteiger partial charge in [0.25, 0.3) is 0 Å². The molecule has 0 heterocycles. The maximum atomic E-state index is 14.0. The molecule has 2 aliphatic rings. The van der Waals surface area contributed by atoms with Crippen molar-refractivity contribution in [1.29, 1.82) is 0 Å². The third-order valence-corrected chi connectivity index (χ3v) is 8.39. The van der Waals surface area contributed by atoms with Crippen LogP contribution in [-0.4, -0.2) is 84.2 Å². The van der Waals surface area contributed by atoms with Crippen LogP contribution < -0.4 is 5.32 Å². The van der Waals surface area contributed by atoms with E-state index in [1.54, 1.807) is 61.5 Å². The molecule has 16 heteroatoms. The number of benzene rings is 1. The van der Waals surface area contributed by atoms with Gasteiger partial charge in [-0.25, -0.2) is 23.6 Å². The van der Waals surface area contributed by atoms with Crippen molar-refractivity contribution >= 4 is 42.1 Å². The van der Waals surface area contributed by atoms with Crippen LogP contribution in [0, 0.1) is 36.4 Å². The Labute approximate surface area is 276 Å².